The number of anilines is 2. The van der Waals surface area contributed by atoms with E-state index in [0.717, 1.165) is 22.5 Å². The van der Waals surface area contributed by atoms with Crippen LogP contribution in [-0.2, 0) is 0 Å². The molecule has 0 aliphatic heterocycles. The first-order valence-electron chi connectivity index (χ1n) is 6.21. The molecule has 100 valence electrons. The van der Waals surface area contributed by atoms with Gasteiger partial charge in [-0.2, -0.15) is 0 Å². The zero-order chi connectivity index (χ0) is 13.9. The number of ether oxygens (including phenoxy) is 1. The van der Waals surface area contributed by atoms with Crippen molar-refractivity contribution in [1.29, 1.82) is 0 Å². The lowest BCUT2D eigenvalue weighted by Gasteiger charge is -2.10. The van der Waals surface area contributed by atoms with Gasteiger partial charge in [-0.25, -0.2) is 4.39 Å². The van der Waals surface area contributed by atoms with Crippen LogP contribution in [0.3, 0.4) is 0 Å². The second-order valence-corrected chi connectivity index (χ2v) is 4.37. The van der Waals surface area contributed by atoms with Gasteiger partial charge in [-0.3, -0.25) is 4.98 Å². The van der Waals surface area contributed by atoms with E-state index >= 15 is 0 Å². The molecule has 3 aromatic rings. The lowest BCUT2D eigenvalue weighted by Crippen LogP contribution is -1.93. The summed E-state index contributed by atoms with van der Waals surface area (Å²) >= 11 is 0. The average Bonchev–Trinajstić information content (AvgIpc) is 2.48. The average molecular weight is 268 g/mol. The molecule has 1 N–H and O–H groups in total. The number of benzene rings is 2. The van der Waals surface area contributed by atoms with Crippen molar-refractivity contribution < 1.29 is 9.13 Å². The molecule has 2 aromatic carbocycles. The minimum Gasteiger partial charge on any atom is -0.497 e. The molecule has 4 heteroatoms. The molecule has 0 saturated carbocycles. The van der Waals surface area contributed by atoms with Gasteiger partial charge in [0.1, 0.15) is 11.6 Å². The Kier molecular flexibility index (Phi) is 3.21. The Balaban J connectivity index is 1.97. The molecule has 20 heavy (non-hydrogen) atoms. The number of nitrogens with one attached hydrogen (secondary N) is 1. The molecule has 0 aliphatic carbocycles. The van der Waals surface area contributed by atoms with Crippen LogP contribution in [0.15, 0.2) is 54.7 Å². The molecule has 0 amide bonds. The standard InChI is InChI=1S/C16H13FN2O/c1-20-13-5-3-12(4-6-13)19-15-8-9-18-16-10-11(17)2-7-14(15)16/h2-10H,1H3,(H,18,19). The zero-order valence-electron chi connectivity index (χ0n) is 10.9. The van der Waals surface area contributed by atoms with Crippen LogP contribution in [-0.4, -0.2) is 12.1 Å². The molecule has 0 spiro atoms. The Morgan fingerprint density at radius 3 is 2.60 bits per heavy atom. The van der Waals surface area contributed by atoms with E-state index in [1.807, 2.05) is 30.3 Å². The van der Waals surface area contributed by atoms with Crippen LogP contribution in [0.2, 0.25) is 0 Å². The third kappa shape index (κ3) is 2.40. The van der Waals surface area contributed by atoms with Crippen molar-refractivity contribution in [2.75, 3.05) is 12.4 Å². The predicted octanol–water partition coefficient (Wildman–Crippen LogP) is 4.13. The van der Waals surface area contributed by atoms with Crippen molar-refractivity contribution in [2.45, 2.75) is 0 Å². The summed E-state index contributed by atoms with van der Waals surface area (Å²) in [4.78, 5) is 4.17. The van der Waals surface area contributed by atoms with Crippen LogP contribution in [0.1, 0.15) is 0 Å². The number of halogens is 1. The van der Waals surface area contributed by atoms with Gasteiger partial charge in [-0.05, 0) is 42.5 Å². The highest BCUT2D eigenvalue weighted by Crippen LogP contribution is 2.26. The summed E-state index contributed by atoms with van der Waals surface area (Å²) < 4.78 is 18.3. The van der Waals surface area contributed by atoms with Crippen molar-refractivity contribution in [2.24, 2.45) is 0 Å². The first-order valence-corrected chi connectivity index (χ1v) is 6.21. The molecule has 0 aliphatic rings. The Hall–Kier alpha value is -2.62. The van der Waals surface area contributed by atoms with Crippen LogP contribution in [0, 0.1) is 5.82 Å². The molecule has 0 atom stereocenters. The van der Waals surface area contributed by atoms with E-state index in [-0.39, 0.29) is 5.82 Å². The van der Waals surface area contributed by atoms with E-state index in [2.05, 4.69) is 10.3 Å². The lowest BCUT2D eigenvalue weighted by atomic mass is 10.1. The highest BCUT2D eigenvalue weighted by atomic mass is 19.1. The number of aromatic nitrogens is 1. The van der Waals surface area contributed by atoms with Gasteiger partial charge >= 0.3 is 0 Å². The third-order valence-corrected chi connectivity index (χ3v) is 3.07. The van der Waals surface area contributed by atoms with Crippen LogP contribution in [0.25, 0.3) is 10.9 Å². The minimum atomic E-state index is -0.286. The van der Waals surface area contributed by atoms with Crippen molar-refractivity contribution >= 4 is 22.3 Å². The predicted molar refractivity (Wildman–Crippen MR) is 78.0 cm³/mol. The van der Waals surface area contributed by atoms with E-state index in [0.29, 0.717) is 5.52 Å². The molecular formula is C16H13FN2O. The van der Waals surface area contributed by atoms with Crippen molar-refractivity contribution in [3.05, 3.63) is 60.5 Å². The normalized spacial score (nSPS) is 10.5. The van der Waals surface area contributed by atoms with Gasteiger partial charge in [0.05, 0.1) is 12.6 Å². The Morgan fingerprint density at radius 2 is 1.85 bits per heavy atom. The summed E-state index contributed by atoms with van der Waals surface area (Å²) in [6.07, 6.45) is 1.66. The second kappa shape index (κ2) is 5.17. The van der Waals surface area contributed by atoms with Crippen LogP contribution in [0.5, 0.6) is 5.75 Å². The SMILES string of the molecule is COc1ccc(Nc2ccnc3cc(F)ccc23)cc1. The topological polar surface area (TPSA) is 34.1 Å². The maximum absolute atomic E-state index is 13.2. The van der Waals surface area contributed by atoms with Crippen LogP contribution >= 0.6 is 0 Å². The Bertz CT molecular complexity index is 741. The smallest absolute Gasteiger partial charge is 0.125 e. The van der Waals surface area contributed by atoms with Gasteiger partial charge in [0.15, 0.2) is 0 Å². The summed E-state index contributed by atoms with van der Waals surface area (Å²) in [6.45, 7) is 0. The number of fused-ring (bicyclic) bond motifs is 1. The summed E-state index contributed by atoms with van der Waals surface area (Å²) in [5.41, 5.74) is 2.45. The highest BCUT2D eigenvalue weighted by Gasteiger charge is 2.03. The summed E-state index contributed by atoms with van der Waals surface area (Å²) in [5.74, 6) is 0.517. The molecular weight excluding hydrogens is 255 g/mol. The molecule has 0 fully saturated rings. The molecule has 1 heterocycles. The van der Waals surface area contributed by atoms with E-state index in [4.69, 9.17) is 4.74 Å². The number of rotatable bonds is 3. The minimum absolute atomic E-state index is 0.286. The van der Waals surface area contributed by atoms with Crippen LogP contribution in [0.4, 0.5) is 15.8 Å². The summed E-state index contributed by atoms with van der Waals surface area (Å²) in [6, 6.07) is 14.1. The number of hydrogen-bond acceptors (Lipinski definition) is 3. The molecule has 1 aromatic heterocycles. The van der Waals surface area contributed by atoms with Gasteiger partial charge in [-0.1, -0.05) is 0 Å². The third-order valence-electron chi connectivity index (χ3n) is 3.07. The van der Waals surface area contributed by atoms with Gasteiger partial charge in [0, 0.05) is 29.0 Å². The molecule has 0 saturated heterocycles. The van der Waals surface area contributed by atoms with Crippen molar-refractivity contribution in [3.63, 3.8) is 0 Å². The summed E-state index contributed by atoms with van der Waals surface area (Å²) in [7, 11) is 1.63. The number of pyridine rings is 1. The zero-order valence-corrected chi connectivity index (χ0v) is 10.9. The molecule has 3 rings (SSSR count). The largest absolute Gasteiger partial charge is 0.497 e. The fourth-order valence-electron chi connectivity index (χ4n) is 2.06. The maximum Gasteiger partial charge on any atom is 0.125 e. The van der Waals surface area contributed by atoms with Gasteiger partial charge < -0.3 is 10.1 Å². The number of hydrogen-bond donors (Lipinski definition) is 1. The summed E-state index contributed by atoms with van der Waals surface area (Å²) in [5, 5.41) is 4.18. The fourth-order valence-corrected chi connectivity index (χ4v) is 2.06. The van der Waals surface area contributed by atoms with Gasteiger partial charge in [0.25, 0.3) is 0 Å². The molecule has 0 bridgehead atoms. The second-order valence-electron chi connectivity index (χ2n) is 4.37. The lowest BCUT2D eigenvalue weighted by molar-refractivity contribution is 0.415. The van der Waals surface area contributed by atoms with Crippen LogP contribution < -0.4 is 10.1 Å². The Labute approximate surface area is 116 Å². The quantitative estimate of drug-likeness (QED) is 0.775. The molecule has 0 unspecified atom stereocenters. The van der Waals surface area contributed by atoms with E-state index in [1.165, 1.54) is 12.1 Å². The fraction of sp³-hybridized carbons (Fsp3) is 0.0625. The Morgan fingerprint density at radius 1 is 1.05 bits per heavy atom. The van der Waals surface area contributed by atoms with E-state index in [9.17, 15) is 4.39 Å². The first-order chi connectivity index (χ1) is 9.76. The first kappa shape index (κ1) is 12.4. The maximum atomic E-state index is 13.2. The van der Waals surface area contributed by atoms with Gasteiger partial charge in [0.2, 0.25) is 0 Å². The molecule has 0 radical (unpaired) electrons. The van der Waals surface area contributed by atoms with Gasteiger partial charge in [-0.15, -0.1) is 0 Å². The highest BCUT2D eigenvalue weighted by molar-refractivity contribution is 5.92. The van der Waals surface area contributed by atoms with E-state index < -0.39 is 0 Å². The number of methoxy groups -OCH3 is 1. The van der Waals surface area contributed by atoms with E-state index in [1.54, 1.807) is 19.4 Å². The molecule has 3 nitrogen and oxygen atoms in total. The number of nitrogens with zero attached hydrogens (tertiary/aromatic N) is 1. The van der Waals surface area contributed by atoms with Crippen molar-refractivity contribution in [3.8, 4) is 5.75 Å². The van der Waals surface area contributed by atoms with Crippen molar-refractivity contribution in [1.82, 2.24) is 4.98 Å². The monoisotopic (exact) mass is 268 g/mol.